The number of aromatic nitrogens is 1. The van der Waals surface area contributed by atoms with E-state index in [4.69, 9.17) is 16.8 Å². The number of hydrogen-bond donors (Lipinski definition) is 3. The van der Waals surface area contributed by atoms with E-state index in [9.17, 15) is 9.59 Å². The molecule has 0 saturated heterocycles. The second-order valence-corrected chi connectivity index (χ2v) is 7.73. The number of carbonyl (C=O) groups is 2. The maximum absolute atomic E-state index is 13.1. The van der Waals surface area contributed by atoms with Gasteiger partial charge in [0.1, 0.15) is 0 Å². The van der Waals surface area contributed by atoms with E-state index in [0.29, 0.717) is 30.8 Å². The summed E-state index contributed by atoms with van der Waals surface area (Å²) in [5.74, 6) is -0.332. The van der Waals surface area contributed by atoms with Gasteiger partial charge in [-0.05, 0) is 54.8 Å². The van der Waals surface area contributed by atoms with Gasteiger partial charge in [-0.1, -0.05) is 36.6 Å². The van der Waals surface area contributed by atoms with Crippen LogP contribution in [0, 0.1) is 0 Å². The number of hydroxylamine groups is 1. The normalized spacial score (nSPS) is 10.9. The molecule has 7 heteroatoms. The first-order chi connectivity index (χ1) is 14.6. The standard InChI is InChI=1S/C23H26ClN3O3/c24-19-8-6-17(7-9-19)15-23(29)27(14-4-2-1-3-5-22(28)26-30)20-10-11-21-18(16-20)12-13-25-21/h6-13,16,25,30H,1-5,14-15H2,(H,26,28). The Balaban J connectivity index is 1.65. The highest BCUT2D eigenvalue weighted by atomic mass is 35.5. The Morgan fingerprint density at radius 1 is 1.00 bits per heavy atom. The van der Waals surface area contributed by atoms with E-state index in [0.717, 1.165) is 41.4 Å². The van der Waals surface area contributed by atoms with Crippen LogP contribution in [0.3, 0.4) is 0 Å². The zero-order chi connectivity index (χ0) is 21.3. The molecular formula is C23H26ClN3O3. The number of anilines is 1. The van der Waals surface area contributed by atoms with Crippen LogP contribution in [0.15, 0.2) is 54.7 Å². The fraction of sp³-hybridized carbons (Fsp3) is 0.304. The van der Waals surface area contributed by atoms with Crippen LogP contribution < -0.4 is 10.4 Å². The van der Waals surface area contributed by atoms with Crippen LogP contribution in [-0.2, 0) is 16.0 Å². The van der Waals surface area contributed by atoms with Crippen LogP contribution in [0.1, 0.15) is 37.7 Å². The van der Waals surface area contributed by atoms with Crippen LogP contribution in [0.4, 0.5) is 5.69 Å². The highest BCUT2D eigenvalue weighted by Crippen LogP contribution is 2.23. The molecule has 2 amide bonds. The molecule has 0 aliphatic heterocycles. The van der Waals surface area contributed by atoms with E-state index in [1.807, 2.05) is 47.5 Å². The molecule has 0 spiro atoms. The number of aromatic amines is 1. The molecular weight excluding hydrogens is 402 g/mol. The molecule has 3 N–H and O–H groups in total. The third-order valence-electron chi connectivity index (χ3n) is 5.08. The van der Waals surface area contributed by atoms with Crippen LogP contribution in [-0.4, -0.2) is 28.6 Å². The maximum Gasteiger partial charge on any atom is 0.243 e. The number of halogens is 1. The lowest BCUT2D eigenvalue weighted by Crippen LogP contribution is -2.33. The zero-order valence-electron chi connectivity index (χ0n) is 16.7. The summed E-state index contributed by atoms with van der Waals surface area (Å²) in [5.41, 5.74) is 4.48. The van der Waals surface area contributed by atoms with Gasteiger partial charge in [0.05, 0.1) is 6.42 Å². The monoisotopic (exact) mass is 427 g/mol. The van der Waals surface area contributed by atoms with Crippen molar-refractivity contribution >= 4 is 40.0 Å². The summed E-state index contributed by atoms with van der Waals surface area (Å²) in [6.45, 7) is 0.606. The first-order valence-electron chi connectivity index (χ1n) is 10.1. The molecule has 0 radical (unpaired) electrons. The van der Waals surface area contributed by atoms with Crippen LogP contribution in [0.5, 0.6) is 0 Å². The predicted octanol–water partition coefficient (Wildman–Crippen LogP) is 4.85. The maximum atomic E-state index is 13.1. The summed E-state index contributed by atoms with van der Waals surface area (Å²) in [4.78, 5) is 29.2. The Bertz CT molecular complexity index is 985. The van der Waals surface area contributed by atoms with Gasteiger partial charge in [-0.2, -0.15) is 0 Å². The Kier molecular flexibility index (Phi) is 7.88. The van der Waals surface area contributed by atoms with E-state index in [1.54, 1.807) is 17.6 Å². The Morgan fingerprint density at radius 3 is 2.53 bits per heavy atom. The van der Waals surface area contributed by atoms with Crippen molar-refractivity contribution < 1.29 is 14.8 Å². The first-order valence-corrected chi connectivity index (χ1v) is 10.5. The fourth-order valence-corrected chi connectivity index (χ4v) is 3.57. The molecule has 158 valence electrons. The Labute approximate surface area is 180 Å². The number of hydrogen-bond acceptors (Lipinski definition) is 3. The number of fused-ring (bicyclic) bond motifs is 1. The number of amides is 2. The van der Waals surface area contributed by atoms with Gasteiger partial charge in [-0.25, -0.2) is 5.48 Å². The topological polar surface area (TPSA) is 85.4 Å². The SMILES string of the molecule is O=C(CCCCCCN(C(=O)Cc1ccc(Cl)cc1)c1ccc2[nH]ccc2c1)NO. The van der Waals surface area contributed by atoms with Gasteiger partial charge in [0.25, 0.3) is 0 Å². The smallest absolute Gasteiger partial charge is 0.243 e. The zero-order valence-corrected chi connectivity index (χ0v) is 17.5. The van der Waals surface area contributed by atoms with Gasteiger partial charge < -0.3 is 9.88 Å². The minimum atomic E-state index is -0.366. The second kappa shape index (κ2) is 10.8. The van der Waals surface area contributed by atoms with Crippen molar-refractivity contribution in [3.05, 3.63) is 65.3 Å². The quantitative estimate of drug-likeness (QED) is 0.245. The van der Waals surface area contributed by atoms with E-state index < -0.39 is 0 Å². The number of unbranched alkanes of at least 4 members (excludes halogenated alkanes) is 3. The third kappa shape index (κ3) is 6.08. The van der Waals surface area contributed by atoms with Gasteiger partial charge >= 0.3 is 0 Å². The average Bonchev–Trinajstić information content (AvgIpc) is 3.22. The minimum Gasteiger partial charge on any atom is -0.361 e. The summed E-state index contributed by atoms with van der Waals surface area (Å²) in [7, 11) is 0. The average molecular weight is 428 g/mol. The van der Waals surface area contributed by atoms with Crippen molar-refractivity contribution in [1.29, 1.82) is 0 Å². The number of nitrogens with one attached hydrogen (secondary N) is 2. The van der Waals surface area contributed by atoms with Crippen molar-refractivity contribution in [2.75, 3.05) is 11.4 Å². The first kappa shape index (κ1) is 21.9. The third-order valence-corrected chi connectivity index (χ3v) is 5.33. The molecule has 0 saturated carbocycles. The number of nitrogens with zero attached hydrogens (tertiary/aromatic N) is 1. The molecule has 0 unspecified atom stereocenters. The summed E-state index contributed by atoms with van der Waals surface area (Å²) >= 11 is 5.95. The van der Waals surface area contributed by atoms with Crippen LogP contribution in [0.2, 0.25) is 5.02 Å². The fourth-order valence-electron chi connectivity index (χ4n) is 3.44. The molecule has 3 aromatic rings. The summed E-state index contributed by atoms with van der Waals surface area (Å²) < 4.78 is 0. The number of benzene rings is 2. The summed E-state index contributed by atoms with van der Waals surface area (Å²) in [5, 5.41) is 10.3. The highest BCUT2D eigenvalue weighted by molar-refractivity contribution is 6.30. The van der Waals surface area contributed by atoms with Crippen molar-refractivity contribution in [3.8, 4) is 0 Å². The van der Waals surface area contributed by atoms with Gasteiger partial charge in [-0.15, -0.1) is 0 Å². The lowest BCUT2D eigenvalue weighted by molar-refractivity contribution is -0.129. The molecule has 0 aliphatic rings. The van der Waals surface area contributed by atoms with Crippen molar-refractivity contribution in [3.63, 3.8) is 0 Å². The Hall–Kier alpha value is -2.83. The van der Waals surface area contributed by atoms with Gasteiger partial charge in [0, 0.05) is 40.8 Å². The molecule has 0 aliphatic carbocycles. The van der Waals surface area contributed by atoms with Crippen LogP contribution >= 0.6 is 11.6 Å². The molecule has 1 aromatic heterocycles. The summed E-state index contributed by atoms with van der Waals surface area (Å²) in [6.07, 6.45) is 5.80. The largest absolute Gasteiger partial charge is 0.361 e. The number of carbonyl (C=O) groups excluding carboxylic acids is 2. The van der Waals surface area contributed by atoms with E-state index in [1.165, 1.54) is 0 Å². The molecule has 2 aromatic carbocycles. The Morgan fingerprint density at radius 2 is 1.77 bits per heavy atom. The molecule has 6 nitrogen and oxygen atoms in total. The number of rotatable bonds is 10. The highest BCUT2D eigenvalue weighted by Gasteiger charge is 2.17. The van der Waals surface area contributed by atoms with Gasteiger partial charge in [0.2, 0.25) is 11.8 Å². The second-order valence-electron chi connectivity index (χ2n) is 7.30. The molecule has 1 heterocycles. The van der Waals surface area contributed by atoms with E-state index in [2.05, 4.69) is 4.98 Å². The van der Waals surface area contributed by atoms with Crippen molar-refractivity contribution in [2.45, 2.75) is 38.5 Å². The van der Waals surface area contributed by atoms with Gasteiger partial charge in [-0.3, -0.25) is 14.8 Å². The molecule has 0 fully saturated rings. The molecule has 0 bridgehead atoms. The lowest BCUT2D eigenvalue weighted by Gasteiger charge is -2.23. The molecule has 0 atom stereocenters. The molecule has 3 rings (SSSR count). The number of H-pyrrole nitrogens is 1. The predicted molar refractivity (Wildman–Crippen MR) is 119 cm³/mol. The van der Waals surface area contributed by atoms with Gasteiger partial charge in [0.15, 0.2) is 0 Å². The molecule has 30 heavy (non-hydrogen) atoms. The lowest BCUT2D eigenvalue weighted by atomic mass is 10.1. The van der Waals surface area contributed by atoms with E-state index >= 15 is 0 Å². The minimum absolute atomic E-state index is 0.0341. The summed E-state index contributed by atoms with van der Waals surface area (Å²) in [6, 6.07) is 15.3. The van der Waals surface area contributed by atoms with E-state index in [-0.39, 0.29) is 11.8 Å². The van der Waals surface area contributed by atoms with Crippen molar-refractivity contribution in [1.82, 2.24) is 10.5 Å². The van der Waals surface area contributed by atoms with Crippen molar-refractivity contribution in [2.24, 2.45) is 0 Å². The van der Waals surface area contributed by atoms with Crippen LogP contribution in [0.25, 0.3) is 10.9 Å².